The van der Waals surface area contributed by atoms with Gasteiger partial charge in [-0.3, -0.25) is 0 Å². The van der Waals surface area contributed by atoms with E-state index in [1.165, 1.54) is 12.8 Å². The van der Waals surface area contributed by atoms with Crippen LogP contribution in [0.25, 0.3) is 0 Å². The number of nitrogens with one attached hydrogen (secondary N) is 1. The SMILES string of the molecule is CCCNc1cc(N2CCOC3CCCC32)nc(N)n1. The van der Waals surface area contributed by atoms with Crippen molar-refractivity contribution in [1.82, 2.24) is 9.97 Å². The Morgan fingerprint density at radius 1 is 1.45 bits per heavy atom. The van der Waals surface area contributed by atoms with Gasteiger partial charge in [-0.05, 0) is 25.7 Å². The lowest BCUT2D eigenvalue weighted by molar-refractivity contribution is 0.0253. The fourth-order valence-corrected chi connectivity index (χ4v) is 3.15. The molecule has 110 valence electrons. The van der Waals surface area contributed by atoms with Gasteiger partial charge in [-0.25, -0.2) is 0 Å². The molecule has 6 nitrogen and oxygen atoms in total. The third-order valence-electron chi connectivity index (χ3n) is 4.06. The number of fused-ring (bicyclic) bond motifs is 1. The number of anilines is 3. The third-order valence-corrected chi connectivity index (χ3v) is 4.06. The molecule has 2 atom stereocenters. The quantitative estimate of drug-likeness (QED) is 0.871. The van der Waals surface area contributed by atoms with Crippen LogP contribution in [0.15, 0.2) is 6.07 Å². The molecule has 2 unspecified atom stereocenters. The van der Waals surface area contributed by atoms with Crippen molar-refractivity contribution in [2.45, 2.75) is 44.8 Å². The van der Waals surface area contributed by atoms with E-state index in [4.69, 9.17) is 10.5 Å². The molecular weight excluding hydrogens is 254 g/mol. The summed E-state index contributed by atoms with van der Waals surface area (Å²) in [5.74, 6) is 2.08. The van der Waals surface area contributed by atoms with Crippen LogP contribution in [0.5, 0.6) is 0 Å². The Morgan fingerprint density at radius 2 is 2.35 bits per heavy atom. The van der Waals surface area contributed by atoms with Gasteiger partial charge < -0.3 is 20.7 Å². The van der Waals surface area contributed by atoms with Gasteiger partial charge in [0, 0.05) is 19.2 Å². The first-order valence-electron chi connectivity index (χ1n) is 7.54. The molecule has 0 radical (unpaired) electrons. The Labute approximate surface area is 119 Å². The zero-order valence-electron chi connectivity index (χ0n) is 12.0. The number of hydrogen-bond donors (Lipinski definition) is 2. The molecule has 0 amide bonds. The van der Waals surface area contributed by atoms with Crippen molar-refractivity contribution in [3.63, 3.8) is 0 Å². The number of hydrogen-bond acceptors (Lipinski definition) is 6. The predicted octanol–water partition coefficient (Wildman–Crippen LogP) is 1.64. The first-order valence-corrected chi connectivity index (χ1v) is 7.54. The van der Waals surface area contributed by atoms with Gasteiger partial charge in [0.2, 0.25) is 5.95 Å². The molecule has 1 aromatic rings. The van der Waals surface area contributed by atoms with Crippen LogP contribution in [0.3, 0.4) is 0 Å². The highest BCUT2D eigenvalue weighted by Gasteiger charge is 2.36. The van der Waals surface area contributed by atoms with Crippen molar-refractivity contribution in [3.8, 4) is 0 Å². The van der Waals surface area contributed by atoms with Crippen LogP contribution in [0.1, 0.15) is 32.6 Å². The van der Waals surface area contributed by atoms with Gasteiger partial charge in [0.05, 0.1) is 18.8 Å². The van der Waals surface area contributed by atoms with Gasteiger partial charge in [0.15, 0.2) is 0 Å². The van der Waals surface area contributed by atoms with Crippen LogP contribution in [0, 0.1) is 0 Å². The Bertz CT molecular complexity index is 467. The van der Waals surface area contributed by atoms with E-state index in [-0.39, 0.29) is 0 Å². The molecule has 3 rings (SSSR count). The number of rotatable bonds is 4. The second kappa shape index (κ2) is 5.83. The Balaban J connectivity index is 1.82. The molecule has 6 heteroatoms. The van der Waals surface area contributed by atoms with Gasteiger partial charge in [-0.2, -0.15) is 9.97 Å². The first-order chi connectivity index (χ1) is 9.78. The molecule has 2 fully saturated rings. The summed E-state index contributed by atoms with van der Waals surface area (Å²) in [5.41, 5.74) is 5.85. The maximum atomic E-state index is 5.85. The lowest BCUT2D eigenvalue weighted by Crippen LogP contribution is -2.49. The zero-order valence-corrected chi connectivity index (χ0v) is 12.0. The lowest BCUT2D eigenvalue weighted by Gasteiger charge is -2.38. The summed E-state index contributed by atoms with van der Waals surface area (Å²) in [4.78, 5) is 11.0. The number of nitrogens with two attached hydrogens (primary N) is 1. The van der Waals surface area contributed by atoms with Crippen molar-refractivity contribution in [2.24, 2.45) is 0 Å². The Kier molecular flexibility index (Phi) is 3.91. The van der Waals surface area contributed by atoms with Crippen LogP contribution in [0.4, 0.5) is 17.6 Å². The largest absolute Gasteiger partial charge is 0.374 e. The van der Waals surface area contributed by atoms with E-state index >= 15 is 0 Å². The maximum Gasteiger partial charge on any atom is 0.223 e. The second-order valence-electron chi connectivity index (χ2n) is 5.50. The zero-order chi connectivity index (χ0) is 13.9. The molecule has 0 bridgehead atoms. The van der Waals surface area contributed by atoms with E-state index in [2.05, 4.69) is 27.1 Å². The molecule has 1 aliphatic carbocycles. The molecule has 0 aromatic carbocycles. The van der Waals surface area contributed by atoms with Gasteiger partial charge in [0.1, 0.15) is 11.6 Å². The molecule has 2 aliphatic rings. The lowest BCUT2D eigenvalue weighted by atomic mass is 10.1. The summed E-state index contributed by atoms with van der Waals surface area (Å²) >= 11 is 0. The van der Waals surface area contributed by atoms with E-state index in [0.717, 1.165) is 44.2 Å². The topological polar surface area (TPSA) is 76.3 Å². The fraction of sp³-hybridized carbons (Fsp3) is 0.714. The standard InChI is InChI=1S/C14H23N5O/c1-2-6-16-12-9-13(18-14(15)17-12)19-7-8-20-11-5-3-4-10(11)19/h9-11H,2-8H2,1H3,(H3,15,16,17,18). The second-order valence-corrected chi connectivity index (χ2v) is 5.50. The van der Waals surface area contributed by atoms with Gasteiger partial charge in [-0.15, -0.1) is 0 Å². The smallest absolute Gasteiger partial charge is 0.223 e. The summed E-state index contributed by atoms with van der Waals surface area (Å²) in [6.45, 7) is 4.67. The summed E-state index contributed by atoms with van der Waals surface area (Å²) in [6, 6.07) is 2.45. The highest BCUT2D eigenvalue weighted by molar-refractivity contribution is 5.53. The van der Waals surface area contributed by atoms with Crippen molar-refractivity contribution < 1.29 is 4.74 Å². The van der Waals surface area contributed by atoms with Crippen molar-refractivity contribution >= 4 is 17.6 Å². The molecule has 1 saturated heterocycles. The van der Waals surface area contributed by atoms with Crippen molar-refractivity contribution in [1.29, 1.82) is 0 Å². The Hall–Kier alpha value is -1.56. The summed E-state index contributed by atoms with van der Waals surface area (Å²) in [5, 5.41) is 3.29. The van der Waals surface area contributed by atoms with E-state index in [9.17, 15) is 0 Å². The van der Waals surface area contributed by atoms with Crippen molar-refractivity contribution in [2.75, 3.05) is 35.6 Å². The minimum Gasteiger partial charge on any atom is -0.374 e. The Morgan fingerprint density at radius 3 is 3.20 bits per heavy atom. The van der Waals surface area contributed by atoms with Gasteiger partial charge in [-0.1, -0.05) is 6.92 Å². The number of nitrogen functional groups attached to an aromatic ring is 1. The monoisotopic (exact) mass is 277 g/mol. The number of nitrogens with zero attached hydrogens (tertiary/aromatic N) is 3. The molecule has 1 aliphatic heterocycles. The predicted molar refractivity (Wildman–Crippen MR) is 80.0 cm³/mol. The molecule has 20 heavy (non-hydrogen) atoms. The molecular formula is C14H23N5O. The van der Waals surface area contributed by atoms with E-state index in [1.807, 2.05) is 6.07 Å². The number of aromatic nitrogens is 2. The van der Waals surface area contributed by atoms with Gasteiger partial charge in [0.25, 0.3) is 0 Å². The van der Waals surface area contributed by atoms with Crippen LogP contribution in [0.2, 0.25) is 0 Å². The minimum absolute atomic E-state index is 0.335. The van der Waals surface area contributed by atoms with Crippen LogP contribution in [-0.4, -0.2) is 41.8 Å². The molecule has 1 aromatic heterocycles. The van der Waals surface area contributed by atoms with Crippen LogP contribution < -0.4 is 16.0 Å². The highest BCUT2D eigenvalue weighted by atomic mass is 16.5. The minimum atomic E-state index is 0.335. The average molecular weight is 277 g/mol. The summed E-state index contributed by atoms with van der Waals surface area (Å²) < 4.78 is 5.85. The maximum absolute atomic E-state index is 5.85. The average Bonchev–Trinajstić information content (AvgIpc) is 2.92. The van der Waals surface area contributed by atoms with E-state index in [1.54, 1.807) is 0 Å². The number of ether oxygens (including phenoxy) is 1. The van der Waals surface area contributed by atoms with Gasteiger partial charge >= 0.3 is 0 Å². The van der Waals surface area contributed by atoms with Crippen molar-refractivity contribution in [3.05, 3.63) is 6.07 Å². The number of morpholine rings is 1. The first kappa shape index (κ1) is 13.4. The molecule has 1 saturated carbocycles. The summed E-state index contributed by atoms with van der Waals surface area (Å²) in [7, 11) is 0. The third kappa shape index (κ3) is 2.65. The van der Waals surface area contributed by atoms with E-state index < -0.39 is 0 Å². The molecule has 2 heterocycles. The van der Waals surface area contributed by atoms with E-state index in [0.29, 0.717) is 18.1 Å². The molecule has 3 N–H and O–H groups in total. The molecule has 0 spiro atoms. The normalized spacial score (nSPS) is 25.6. The van der Waals surface area contributed by atoms with Crippen LogP contribution >= 0.6 is 0 Å². The summed E-state index contributed by atoms with van der Waals surface area (Å²) in [6.07, 6.45) is 4.97. The highest BCUT2D eigenvalue weighted by Crippen LogP contribution is 2.33. The van der Waals surface area contributed by atoms with Crippen LogP contribution in [-0.2, 0) is 4.74 Å². The fourth-order valence-electron chi connectivity index (χ4n) is 3.15.